The molecule has 4 aromatic heterocycles. The third-order valence-electron chi connectivity index (χ3n) is 5.71. The topological polar surface area (TPSA) is 104 Å². The van der Waals surface area contributed by atoms with Gasteiger partial charge in [-0.3, -0.25) is 9.97 Å². The van der Waals surface area contributed by atoms with E-state index in [0.717, 1.165) is 24.1 Å². The fourth-order valence-corrected chi connectivity index (χ4v) is 5.25. The van der Waals surface area contributed by atoms with Crippen LogP contribution >= 0.6 is 11.8 Å². The first-order chi connectivity index (χ1) is 16.6. The summed E-state index contributed by atoms with van der Waals surface area (Å²) in [6.45, 7) is 1.53. The summed E-state index contributed by atoms with van der Waals surface area (Å²) >= 11 is -0.397. The summed E-state index contributed by atoms with van der Waals surface area (Å²) in [5.41, 5.74) is -1.76. The first kappa shape index (κ1) is 23.7. The molecule has 0 unspecified atom stereocenters. The quantitative estimate of drug-likeness (QED) is 0.335. The zero-order chi connectivity index (χ0) is 25.0. The molecular weight excluding hydrogens is 501 g/mol. The molecule has 0 saturated heterocycles. The lowest BCUT2D eigenvalue weighted by Crippen LogP contribution is -2.09. The first-order valence-electron chi connectivity index (χ1n) is 10.7. The molecule has 0 amide bonds. The van der Waals surface area contributed by atoms with Crippen LogP contribution < -0.4 is 0 Å². The van der Waals surface area contributed by atoms with Gasteiger partial charge in [-0.25, -0.2) is 13.4 Å². The lowest BCUT2D eigenvalue weighted by molar-refractivity contribution is -0.0329. The molecular formula is C22H19F3N6O2S2. The van der Waals surface area contributed by atoms with Gasteiger partial charge in [0.05, 0.1) is 10.6 Å². The number of sulfone groups is 1. The van der Waals surface area contributed by atoms with E-state index in [9.17, 15) is 21.6 Å². The first-order valence-corrected chi connectivity index (χ1v) is 13.2. The van der Waals surface area contributed by atoms with Crippen molar-refractivity contribution in [1.29, 1.82) is 0 Å². The molecule has 0 spiro atoms. The number of pyridine rings is 2. The van der Waals surface area contributed by atoms with Crippen molar-refractivity contribution in [2.75, 3.05) is 5.75 Å². The van der Waals surface area contributed by atoms with Gasteiger partial charge in [0.15, 0.2) is 21.3 Å². The lowest BCUT2D eigenvalue weighted by atomic mass is 10.1. The van der Waals surface area contributed by atoms with Crippen molar-refractivity contribution in [3.8, 4) is 22.6 Å². The molecule has 4 aromatic rings. The summed E-state index contributed by atoms with van der Waals surface area (Å²) in [5, 5.41) is 7.11. The van der Waals surface area contributed by atoms with Crippen LogP contribution in [0.25, 0.3) is 33.8 Å². The molecule has 8 nitrogen and oxygen atoms in total. The number of hydrogen-bond donors (Lipinski definition) is 0. The van der Waals surface area contributed by atoms with E-state index < -0.39 is 27.1 Å². The van der Waals surface area contributed by atoms with Crippen molar-refractivity contribution in [2.24, 2.45) is 7.05 Å². The van der Waals surface area contributed by atoms with Gasteiger partial charge >= 0.3 is 5.51 Å². The van der Waals surface area contributed by atoms with Crippen LogP contribution in [0.4, 0.5) is 13.2 Å². The molecule has 0 radical (unpaired) electrons. The van der Waals surface area contributed by atoms with Crippen LogP contribution in [-0.4, -0.2) is 49.4 Å². The van der Waals surface area contributed by atoms with Gasteiger partial charge in [-0.2, -0.15) is 13.2 Å². The minimum atomic E-state index is -4.52. The van der Waals surface area contributed by atoms with Crippen LogP contribution in [0.15, 0.2) is 46.6 Å². The minimum absolute atomic E-state index is 0.0278. The Kier molecular flexibility index (Phi) is 5.79. The Morgan fingerprint density at radius 1 is 1.09 bits per heavy atom. The monoisotopic (exact) mass is 520 g/mol. The van der Waals surface area contributed by atoms with E-state index >= 15 is 0 Å². The minimum Gasteiger partial charge on any atom is -0.309 e. The molecule has 1 aliphatic carbocycles. The largest absolute Gasteiger partial charge is 0.447 e. The van der Waals surface area contributed by atoms with Gasteiger partial charge in [0.1, 0.15) is 16.2 Å². The molecule has 0 bridgehead atoms. The van der Waals surface area contributed by atoms with E-state index in [1.165, 1.54) is 29.8 Å². The number of alkyl halides is 3. The summed E-state index contributed by atoms with van der Waals surface area (Å²) in [7, 11) is -2.15. The third-order valence-corrected chi connectivity index (χ3v) is 8.09. The smallest absolute Gasteiger partial charge is 0.309 e. The van der Waals surface area contributed by atoms with Gasteiger partial charge in [-0.05, 0) is 25.0 Å². The maximum absolute atomic E-state index is 13.0. The van der Waals surface area contributed by atoms with E-state index in [2.05, 4.69) is 25.1 Å². The second kappa shape index (κ2) is 8.55. The average Bonchev–Trinajstić information content (AvgIpc) is 3.62. The predicted molar refractivity (Wildman–Crippen MR) is 124 cm³/mol. The van der Waals surface area contributed by atoms with Crippen molar-refractivity contribution < 1.29 is 21.6 Å². The second-order valence-corrected chi connectivity index (χ2v) is 11.5. The molecule has 1 fully saturated rings. The number of halogens is 3. The van der Waals surface area contributed by atoms with Crippen LogP contribution in [0.3, 0.4) is 0 Å². The fraction of sp³-hybridized carbons (Fsp3) is 0.318. The Bertz CT molecular complexity index is 1530. The number of imidazole rings is 1. The van der Waals surface area contributed by atoms with Crippen molar-refractivity contribution in [3.63, 3.8) is 0 Å². The average molecular weight is 521 g/mol. The molecule has 35 heavy (non-hydrogen) atoms. The number of rotatable bonds is 6. The van der Waals surface area contributed by atoms with Crippen LogP contribution in [0.2, 0.25) is 0 Å². The van der Waals surface area contributed by atoms with Crippen LogP contribution in [-0.2, 0) is 16.9 Å². The Balaban J connectivity index is 1.61. The van der Waals surface area contributed by atoms with Crippen molar-refractivity contribution in [2.45, 2.75) is 41.1 Å². The molecule has 0 aromatic carbocycles. The van der Waals surface area contributed by atoms with E-state index in [1.54, 1.807) is 13.2 Å². The third kappa shape index (κ3) is 4.74. The second-order valence-electron chi connectivity index (χ2n) is 8.15. The maximum Gasteiger partial charge on any atom is 0.447 e. The Hall–Kier alpha value is -3.06. The highest BCUT2D eigenvalue weighted by Gasteiger charge is 2.31. The molecule has 13 heteroatoms. The summed E-state index contributed by atoms with van der Waals surface area (Å²) in [4.78, 5) is 13.3. The Morgan fingerprint density at radius 3 is 2.46 bits per heavy atom. The van der Waals surface area contributed by atoms with E-state index in [0.29, 0.717) is 11.5 Å². The predicted octanol–water partition coefficient (Wildman–Crippen LogP) is 4.77. The summed E-state index contributed by atoms with van der Waals surface area (Å²) in [6.07, 6.45) is 5.49. The highest BCUT2D eigenvalue weighted by molar-refractivity contribution is 8.00. The standard InChI is InChI=1S/C22H19F3N6O2S2/c1-3-35(32,33)17-8-14(13-6-7-15(26-10-13)12-4-5-12)11-27-19(17)21-28-16-9-18(34-22(23,24)25)29-30-20(16)31(21)2/h6-12H,3-5H2,1-2H3. The molecule has 182 valence electrons. The maximum atomic E-state index is 13.0. The fourth-order valence-electron chi connectivity index (χ4n) is 3.71. The zero-order valence-electron chi connectivity index (χ0n) is 18.6. The van der Waals surface area contributed by atoms with E-state index in [-0.39, 0.29) is 38.4 Å². The molecule has 1 aliphatic rings. The molecule has 0 atom stereocenters. The molecule has 0 N–H and O–H groups in total. The lowest BCUT2D eigenvalue weighted by Gasteiger charge is -2.11. The number of thioether (sulfide) groups is 1. The molecule has 1 saturated carbocycles. The molecule has 0 aliphatic heterocycles. The van der Waals surface area contributed by atoms with Crippen LogP contribution in [0.5, 0.6) is 0 Å². The Labute approximate surface area is 203 Å². The van der Waals surface area contributed by atoms with Gasteiger partial charge in [0.2, 0.25) is 0 Å². The number of aryl methyl sites for hydroxylation is 1. The van der Waals surface area contributed by atoms with Crippen LogP contribution in [0.1, 0.15) is 31.4 Å². The van der Waals surface area contributed by atoms with Gasteiger partial charge in [0.25, 0.3) is 0 Å². The molecule has 5 rings (SSSR count). The number of hydrogen-bond acceptors (Lipinski definition) is 8. The number of aromatic nitrogens is 6. The Morgan fingerprint density at radius 2 is 1.83 bits per heavy atom. The van der Waals surface area contributed by atoms with Crippen molar-refractivity contribution in [3.05, 3.63) is 42.4 Å². The number of nitrogens with zero attached hydrogens (tertiary/aromatic N) is 6. The van der Waals surface area contributed by atoms with Gasteiger partial charge < -0.3 is 4.57 Å². The van der Waals surface area contributed by atoms with Crippen molar-refractivity contribution >= 4 is 32.8 Å². The van der Waals surface area contributed by atoms with Crippen molar-refractivity contribution in [1.82, 2.24) is 29.7 Å². The number of fused-ring (bicyclic) bond motifs is 1. The van der Waals surface area contributed by atoms with Gasteiger partial charge in [-0.15, -0.1) is 10.2 Å². The zero-order valence-corrected chi connectivity index (χ0v) is 20.2. The summed E-state index contributed by atoms with van der Waals surface area (Å²) < 4.78 is 65.7. The van der Waals surface area contributed by atoms with E-state index in [4.69, 9.17) is 0 Å². The van der Waals surface area contributed by atoms with E-state index in [1.807, 2.05) is 12.1 Å². The summed E-state index contributed by atoms with van der Waals surface area (Å²) in [5.74, 6) is 0.487. The van der Waals surface area contributed by atoms with Gasteiger partial charge in [0, 0.05) is 60.0 Å². The van der Waals surface area contributed by atoms with Crippen LogP contribution in [0, 0.1) is 0 Å². The molecule has 4 heterocycles. The van der Waals surface area contributed by atoms with Gasteiger partial charge in [-0.1, -0.05) is 13.0 Å². The highest BCUT2D eigenvalue weighted by Crippen LogP contribution is 2.40. The SMILES string of the molecule is CCS(=O)(=O)c1cc(-c2ccc(C3CC3)nc2)cnc1-c1nc2cc(SC(F)(F)F)nnc2n1C. The normalized spacial score (nSPS) is 14.5. The highest BCUT2D eigenvalue weighted by atomic mass is 32.2. The summed E-state index contributed by atoms with van der Waals surface area (Å²) in [6, 6.07) is 6.53.